The molecule has 0 aromatic heterocycles. The van der Waals surface area contributed by atoms with Gasteiger partial charge in [0.1, 0.15) is 0 Å². The average molecular weight is 261 g/mol. The third-order valence-corrected chi connectivity index (χ3v) is 1.87. The Morgan fingerprint density at radius 1 is 1.28 bits per heavy atom. The molecule has 5 nitrogen and oxygen atoms in total. The number of amides is 3. The summed E-state index contributed by atoms with van der Waals surface area (Å²) in [5, 5.41) is 4.23. The smallest absolute Gasteiger partial charge is 0.368 e. The van der Waals surface area contributed by atoms with Crippen molar-refractivity contribution in [1.82, 2.24) is 5.32 Å². The zero-order valence-corrected chi connectivity index (χ0v) is 9.04. The van der Waals surface area contributed by atoms with E-state index in [1.165, 1.54) is 6.07 Å². The largest absolute Gasteiger partial charge is 0.416 e. The van der Waals surface area contributed by atoms with Crippen LogP contribution in [0, 0.1) is 0 Å². The quantitative estimate of drug-likeness (QED) is 0.766. The van der Waals surface area contributed by atoms with Crippen molar-refractivity contribution >= 4 is 17.6 Å². The van der Waals surface area contributed by atoms with Crippen LogP contribution in [0.15, 0.2) is 24.3 Å². The number of rotatable bonds is 3. The monoisotopic (exact) mass is 261 g/mol. The van der Waals surface area contributed by atoms with Gasteiger partial charge in [0.2, 0.25) is 5.91 Å². The summed E-state index contributed by atoms with van der Waals surface area (Å²) in [5.41, 5.74) is 3.87. The number of carbonyl (C=O) groups excluding carboxylic acids is 2. The van der Waals surface area contributed by atoms with E-state index in [0.717, 1.165) is 18.2 Å². The third kappa shape index (κ3) is 4.32. The maximum Gasteiger partial charge on any atom is 0.416 e. The first-order valence-corrected chi connectivity index (χ1v) is 4.79. The fraction of sp³-hybridized carbons (Fsp3) is 0.200. The number of anilines is 1. The van der Waals surface area contributed by atoms with Gasteiger partial charge in [-0.3, -0.25) is 4.79 Å². The van der Waals surface area contributed by atoms with E-state index in [1.807, 2.05) is 0 Å². The van der Waals surface area contributed by atoms with Gasteiger partial charge in [-0.2, -0.15) is 13.2 Å². The summed E-state index contributed by atoms with van der Waals surface area (Å²) in [5.74, 6) is -0.755. The molecule has 0 spiro atoms. The molecule has 0 fully saturated rings. The SMILES string of the molecule is NC(=O)CNC(=O)Nc1cccc(C(F)(F)F)c1. The average Bonchev–Trinajstić information content (AvgIpc) is 2.25. The summed E-state index contributed by atoms with van der Waals surface area (Å²) in [7, 11) is 0. The second kappa shape index (κ2) is 5.39. The Hall–Kier alpha value is -2.25. The molecule has 0 saturated heterocycles. The molecule has 3 amide bonds. The molecule has 18 heavy (non-hydrogen) atoms. The van der Waals surface area contributed by atoms with Crippen LogP contribution in [0.2, 0.25) is 0 Å². The number of urea groups is 1. The first-order valence-electron chi connectivity index (χ1n) is 4.79. The van der Waals surface area contributed by atoms with Crippen LogP contribution in [0.3, 0.4) is 0 Å². The summed E-state index contributed by atoms with van der Waals surface area (Å²) in [6.45, 7) is -0.398. The van der Waals surface area contributed by atoms with E-state index >= 15 is 0 Å². The first-order chi connectivity index (χ1) is 8.29. The summed E-state index contributed by atoms with van der Waals surface area (Å²) >= 11 is 0. The minimum atomic E-state index is -4.48. The number of hydrogen-bond donors (Lipinski definition) is 3. The molecule has 98 valence electrons. The Kier molecular flexibility index (Phi) is 4.13. The van der Waals surface area contributed by atoms with Crippen LogP contribution in [0.25, 0.3) is 0 Å². The highest BCUT2D eigenvalue weighted by Crippen LogP contribution is 2.30. The molecule has 1 aromatic rings. The van der Waals surface area contributed by atoms with Crippen LogP contribution in [0.4, 0.5) is 23.7 Å². The van der Waals surface area contributed by atoms with Gasteiger partial charge in [0.05, 0.1) is 12.1 Å². The van der Waals surface area contributed by atoms with Crippen LogP contribution in [0.5, 0.6) is 0 Å². The molecule has 0 bridgehead atoms. The van der Waals surface area contributed by atoms with Crippen molar-refractivity contribution in [2.24, 2.45) is 5.73 Å². The van der Waals surface area contributed by atoms with Crippen LogP contribution in [-0.4, -0.2) is 18.5 Å². The normalized spacial score (nSPS) is 10.8. The van der Waals surface area contributed by atoms with E-state index in [1.54, 1.807) is 0 Å². The highest BCUT2D eigenvalue weighted by atomic mass is 19.4. The minimum absolute atomic E-state index is 0.0354. The van der Waals surface area contributed by atoms with Crippen molar-refractivity contribution in [3.05, 3.63) is 29.8 Å². The van der Waals surface area contributed by atoms with Gasteiger partial charge in [-0.15, -0.1) is 0 Å². The minimum Gasteiger partial charge on any atom is -0.368 e. The highest BCUT2D eigenvalue weighted by molar-refractivity contribution is 5.91. The molecule has 0 heterocycles. The fourth-order valence-electron chi connectivity index (χ4n) is 1.12. The molecule has 1 aromatic carbocycles. The van der Waals surface area contributed by atoms with Gasteiger partial charge in [-0.25, -0.2) is 4.79 Å². The fourth-order valence-corrected chi connectivity index (χ4v) is 1.12. The predicted octanol–water partition coefficient (Wildman–Crippen LogP) is 1.31. The second-order valence-electron chi connectivity index (χ2n) is 3.35. The molecule has 0 radical (unpaired) electrons. The molecule has 8 heteroatoms. The van der Waals surface area contributed by atoms with Crippen molar-refractivity contribution in [1.29, 1.82) is 0 Å². The lowest BCUT2D eigenvalue weighted by Crippen LogP contribution is -2.36. The van der Waals surface area contributed by atoms with Gasteiger partial charge in [-0.05, 0) is 18.2 Å². The number of nitrogens with one attached hydrogen (secondary N) is 2. The maximum atomic E-state index is 12.4. The van der Waals surface area contributed by atoms with E-state index in [4.69, 9.17) is 5.73 Å². The van der Waals surface area contributed by atoms with Crippen LogP contribution < -0.4 is 16.4 Å². The lowest BCUT2D eigenvalue weighted by Gasteiger charge is -2.10. The number of hydrogen-bond acceptors (Lipinski definition) is 2. The van der Waals surface area contributed by atoms with Gasteiger partial charge >= 0.3 is 12.2 Å². The molecule has 0 aliphatic rings. The lowest BCUT2D eigenvalue weighted by molar-refractivity contribution is -0.137. The summed E-state index contributed by atoms with van der Waals surface area (Å²) in [6.07, 6.45) is -4.48. The highest BCUT2D eigenvalue weighted by Gasteiger charge is 2.30. The van der Waals surface area contributed by atoms with Crippen molar-refractivity contribution in [2.45, 2.75) is 6.18 Å². The Bertz CT molecular complexity index is 460. The number of alkyl halides is 3. The summed E-state index contributed by atoms with van der Waals surface area (Å²) < 4.78 is 37.1. The number of carbonyl (C=O) groups is 2. The van der Waals surface area contributed by atoms with Crippen molar-refractivity contribution < 1.29 is 22.8 Å². The number of primary amides is 1. The third-order valence-electron chi connectivity index (χ3n) is 1.87. The summed E-state index contributed by atoms with van der Waals surface area (Å²) in [4.78, 5) is 21.5. The zero-order valence-electron chi connectivity index (χ0n) is 9.04. The lowest BCUT2D eigenvalue weighted by atomic mass is 10.2. The van der Waals surface area contributed by atoms with E-state index in [2.05, 4.69) is 10.6 Å². The molecule has 4 N–H and O–H groups in total. The van der Waals surface area contributed by atoms with Gasteiger partial charge in [0.15, 0.2) is 0 Å². The van der Waals surface area contributed by atoms with E-state index < -0.39 is 30.2 Å². The number of benzene rings is 1. The Morgan fingerprint density at radius 2 is 1.94 bits per heavy atom. The van der Waals surface area contributed by atoms with Crippen LogP contribution in [0.1, 0.15) is 5.56 Å². The molecule has 1 rings (SSSR count). The molecule has 0 aliphatic carbocycles. The molecule has 0 aliphatic heterocycles. The number of halogens is 3. The Labute approximate surface area is 100 Å². The van der Waals surface area contributed by atoms with Crippen molar-refractivity contribution in [3.8, 4) is 0 Å². The predicted molar refractivity (Wildman–Crippen MR) is 57.7 cm³/mol. The van der Waals surface area contributed by atoms with Crippen molar-refractivity contribution in [2.75, 3.05) is 11.9 Å². The molecule has 0 atom stereocenters. The topological polar surface area (TPSA) is 84.2 Å². The van der Waals surface area contributed by atoms with E-state index in [0.29, 0.717) is 0 Å². The summed E-state index contributed by atoms with van der Waals surface area (Å²) in [6, 6.07) is 3.30. The van der Waals surface area contributed by atoms with Gasteiger partial charge < -0.3 is 16.4 Å². The van der Waals surface area contributed by atoms with Gasteiger partial charge in [-0.1, -0.05) is 6.07 Å². The van der Waals surface area contributed by atoms with Crippen LogP contribution in [-0.2, 0) is 11.0 Å². The maximum absolute atomic E-state index is 12.4. The van der Waals surface area contributed by atoms with Crippen LogP contribution >= 0.6 is 0 Å². The Balaban J connectivity index is 2.68. The standard InChI is InChI=1S/C10H10F3N3O2/c11-10(12,13)6-2-1-3-7(4-6)16-9(18)15-5-8(14)17/h1-4H,5H2,(H2,14,17)(H2,15,16,18). The van der Waals surface area contributed by atoms with Gasteiger partial charge in [0.25, 0.3) is 0 Å². The van der Waals surface area contributed by atoms with Gasteiger partial charge in [0, 0.05) is 5.69 Å². The first kappa shape index (κ1) is 13.8. The molecule has 0 unspecified atom stereocenters. The molecule has 0 saturated carbocycles. The van der Waals surface area contributed by atoms with E-state index in [-0.39, 0.29) is 5.69 Å². The zero-order chi connectivity index (χ0) is 13.8. The molecular formula is C10H10F3N3O2. The second-order valence-corrected chi connectivity index (χ2v) is 3.35. The Morgan fingerprint density at radius 3 is 2.50 bits per heavy atom. The molecular weight excluding hydrogens is 251 g/mol. The van der Waals surface area contributed by atoms with Crippen molar-refractivity contribution in [3.63, 3.8) is 0 Å². The van der Waals surface area contributed by atoms with E-state index in [9.17, 15) is 22.8 Å². The number of nitrogens with two attached hydrogens (primary N) is 1.